The van der Waals surface area contributed by atoms with Crippen LogP contribution in [0.25, 0.3) is 0 Å². The first-order chi connectivity index (χ1) is 17.3. The number of quaternary nitrogens is 1. The zero-order chi connectivity index (χ0) is 26.9. The summed E-state index contributed by atoms with van der Waals surface area (Å²) >= 11 is 0. The number of carboxylic acids is 3. The Morgan fingerprint density at radius 3 is 1.31 bits per heavy atom. The Hall–Kier alpha value is -1.89. The zero-order valence-electron chi connectivity index (χ0n) is 22.9. The average molecular weight is 512 g/mol. The predicted octanol–water partition coefficient (Wildman–Crippen LogP) is 5.71. The van der Waals surface area contributed by atoms with Crippen LogP contribution in [0.5, 0.6) is 0 Å². The smallest absolute Gasteiger partial charge is 0.359 e. The van der Waals surface area contributed by atoms with E-state index in [4.69, 9.17) is 10.2 Å². The van der Waals surface area contributed by atoms with Crippen molar-refractivity contribution in [2.24, 2.45) is 0 Å². The van der Waals surface area contributed by atoms with E-state index in [0.717, 1.165) is 19.3 Å². The fourth-order valence-electron chi connectivity index (χ4n) is 4.84. The summed E-state index contributed by atoms with van der Waals surface area (Å²) in [6.07, 6.45) is 27.7. The van der Waals surface area contributed by atoms with Gasteiger partial charge in [-0.1, -0.05) is 109 Å². The van der Waals surface area contributed by atoms with E-state index in [1.807, 2.05) is 0 Å². The third-order valence-corrected chi connectivity index (χ3v) is 6.78. The van der Waals surface area contributed by atoms with Crippen molar-refractivity contribution in [3.8, 4) is 0 Å². The Bertz CT molecular complexity index is 564. The Kier molecular flexibility index (Phi) is 22.3. The van der Waals surface area contributed by atoms with Gasteiger partial charge in [0.15, 0.2) is 13.1 Å². The van der Waals surface area contributed by atoms with Gasteiger partial charge in [0, 0.05) is 0 Å². The number of allylic oxidation sites excluding steroid dienone is 2. The second-order valence-electron chi connectivity index (χ2n) is 10.4. The number of carbonyl (C=O) groups excluding carboxylic acids is 1. The summed E-state index contributed by atoms with van der Waals surface area (Å²) in [6, 6.07) is 0. The molecule has 0 spiro atoms. The monoisotopic (exact) mass is 511 g/mol. The van der Waals surface area contributed by atoms with Crippen molar-refractivity contribution in [3.05, 3.63) is 12.2 Å². The molecule has 0 fully saturated rings. The molecule has 0 radical (unpaired) electrons. The standard InChI is InChI=1S/C29H53NO6/c1-2-3-4-5-6-7-8-9-10-11-12-13-14-15-16-17-18-19-20-21-22-23-30(24-27(31)32,25-28(33)34)26-29(35)36/h4-5H,2-3,6-26H2,1H3,(H2-,31,32,33,34,35,36)/b5-4+. The first kappa shape index (κ1) is 34.1. The molecule has 0 aliphatic rings. The molecule has 0 amide bonds. The van der Waals surface area contributed by atoms with E-state index >= 15 is 0 Å². The molecule has 0 aromatic carbocycles. The van der Waals surface area contributed by atoms with E-state index < -0.39 is 42.0 Å². The van der Waals surface area contributed by atoms with Gasteiger partial charge in [-0.2, -0.15) is 0 Å². The molecule has 0 aromatic heterocycles. The van der Waals surface area contributed by atoms with Gasteiger partial charge in [-0.15, -0.1) is 0 Å². The second-order valence-corrected chi connectivity index (χ2v) is 10.4. The van der Waals surface area contributed by atoms with Crippen LogP contribution in [0.1, 0.15) is 129 Å². The third kappa shape index (κ3) is 22.6. The molecule has 7 nitrogen and oxygen atoms in total. The van der Waals surface area contributed by atoms with Crippen LogP contribution in [0.2, 0.25) is 0 Å². The molecule has 210 valence electrons. The Morgan fingerprint density at radius 1 is 0.583 bits per heavy atom. The van der Waals surface area contributed by atoms with Gasteiger partial charge in [-0.25, -0.2) is 9.59 Å². The van der Waals surface area contributed by atoms with Gasteiger partial charge in [0.25, 0.3) is 0 Å². The van der Waals surface area contributed by atoms with Gasteiger partial charge in [-0.05, 0) is 32.1 Å². The maximum absolute atomic E-state index is 11.2. The van der Waals surface area contributed by atoms with Crippen molar-refractivity contribution < 1.29 is 34.2 Å². The van der Waals surface area contributed by atoms with Crippen molar-refractivity contribution in [3.63, 3.8) is 0 Å². The molecule has 36 heavy (non-hydrogen) atoms. The highest BCUT2D eigenvalue weighted by molar-refractivity contribution is 5.72. The minimum Gasteiger partial charge on any atom is -0.544 e. The lowest BCUT2D eigenvalue weighted by molar-refractivity contribution is -0.909. The maximum Gasteiger partial charge on any atom is 0.359 e. The fraction of sp³-hybridized carbons (Fsp3) is 0.828. The highest BCUT2D eigenvalue weighted by atomic mass is 16.4. The zero-order valence-corrected chi connectivity index (χ0v) is 22.9. The van der Waals surface area contributed by atoms with Gasteiger partial charge in [0.2, 0.25) is 0 Å². The Balaban J connectivity index is 3.65. The molecule has 0 atom stereocenters. The molecule has 0 bridgehead atoms. The summed E-state index contributed by atoms with van der Waals surface area (Å²) in [5, 5.41) is 29.3. The minimum atomic E-state index is -1.42. The van der Waals surface area contributed by atoms with Crippen LogP contribution in [0.15, 0.2) is 12.2 Å². The number of hydrogen-bond donors (Lipinski definition) is 2. The summed E-state index contributed by atoms with van der Waals surface area (Å²) in [5.41, 5.74) is 0. The largest absolute Gasteiger partial charge is 0.544 e. The van der Waals surface area contributed by atoms with Crippen LogP contribution in [-0.4, -0.2) is 58.8 Å². The van der Waals surface area contributed by atoms with Gasteiger partial charge in [-0.3, -0.25) is 0 Å². The van der Waals surface area contributed by atoms with Crippen molar-refractivity contribution in [2.75, 3.05) is 26.2 Å². The van der Waals surface area contributed by atoms with E-state index in [9.17, 15) is 19.5 Å². The first-order valence-electron chi connectivity index (χ1n) is 14.4. The highest BCUT2D eigenvalue weighted by Crippen LogP contribution is 2.15. The van der Waals surface area contributed by atoms with Gasteiger partial charge in [0.1, 0.15) is 6.54 Å². The average Bonchev–Trinajstić information content (AvgIpc) is 2.78. The maximum atomic E-state index is 11.2. The second kappa shape index (κ2) is 23.5. The molecular formula is C29H53NO6. The molecule has 0 heterocycles. The van der Waals surface area contributed by atoms with Crippen molar-refractivity contribution in [1.29, 1.82) is 0 Å². The first-order valence-corrected chi connectivity index (χ1v) is 14.4. The van der Waals surface area contributed by atoms with Crippen molar-refractivity contribution >= 4 is 17.9 Å². The Morgan fingerprint density at radius 2 is 0.944 bits per heavy atom. The lowest BCUT2D eigenvalue weighted by atomic mass is 10.0. The minimum absolute atomic E-state index is 0.225. The summed E-state index contributed by atoms with van der Waals surface area (Å²) in [7, 11) is 0. The quantitative estimate of drug-likeness (QED) is 0.0829. The van der Waals surface area contributed by atoms with Gasteiger partial charge >= 0.3 is 11.9 Å². The molecule has 0 unspecified atom stereocenters. The summed E-state index contributed by atoms with van der Waals surface area (Å²) < 4.78 is -0.496. The summed E-state index contributed by atoms with van der Waals surface area (Å²) in [6.45, 7) is 0.821. The normalized spacial score (nSPS) is 11.8. The number of hydrogen-bond acceptors (Lipinski definition) is 4. The molecule has 0 saturated heterocycles. The fourth-order valence-corrected chi connectivity index (χ4v) is 4.84. The van der Waals surface area contributed by atoms with Crippen molar-refractivity contribution in [1.82, 2.24) is 0 Å². The number of unbranched alkanes of at least 4 members (excludes halogenated alkanes) is 17. The van der Waals surface area contributed by atoms with E-state index in [2.05, 4.69) is 19.1 Å². The van der Waals surface area contributed by atoms with Gasteiger partial charge < -0.3 is 24.6 Å². The van der Waals surface area contributed by atoms with Crippen LogP contribution in [0.4, 0.5) is 0 Å². The molecule has 2 N–H and O–H groups in total. The number of carbonyl (C=O) groups is 3. The summed E-state index contributed by atoms with van der Waals surface area (Å²) in [5.74, 6) is -3.81. The number of aliphatic carboxylic acids is 3. The van der Waals surface area contributed by atoms with Crippen LogP contribution in [0.3, 0.4) is 0 Å². The van der Waals surface area contributed by atoms with Crippen LogP contribution < -0.4 is 5.11 Å². The summed E-state index contributed by atoms with van der Waals surface area (Å²) in [4.78, 5) is 33.4. The topological polar surface area (TPSA) is 115 Å². The number of nitrogens with zero attached hydrogens (tertiary/aromatic N) is 1. The lowest BCUT2D eigenvalue weighted by Crippen LogP contribution is -2.59. The van der Waals surface area contributed by atoms with E-state index in [1.165, 1.54) is 96.3 Å². The van der Waals surface area contributed by atoms with Gasteiger partial charge in [0.05, 0.1) is 12.5 Å². The van der Waals surface area contributed by atoms with E-state index in [-0.39, 0.29) is 6.54 Å². The van der Waals surface area contributed by atoms with Crippen LogP contribution in [-0.2, 0) is 14.4 Å². The van der Waals surface area contributed by atoms with E-state index in [0.29, 0.717) is 6.42 Å². The van der Waals surface area contributed by atoms with Crippen molar-refractivity contribution in [2.45, 2.75) is 129 Å². The SMILES string of the molecule is CCC/C=C/CCCCCCCCCCCCCCCCCC[N+](CC(=O)[O-])(CC(=O)O)CC(=O)O. The Labute approximate surface area is 219 Å². The molecule has 0 rings (SSSR count). The predicted molar refractivity (Wildman–Crippen MR) is 143 cm³/mol. The highest BCUT2D eigenvalue weighted by Gasteiger charge is 2.33. The van der Waals surface area contributed by atoms with E-state index in [1.54, 1.807) is 0 Å². The number of rotatable bonds is 27. The third-order valence-electron chi connectivity index (χ3n) is 6.78. The van der Waals surface area contributed by atoms with Crippen LogP contribution in [0, 0.1) is 0 Å². The molecule has 0 aliphatic carbocycles. The number of carboxylic acid groups (broad SMARTS) is 3. The molecule has 0 aliphatic heterocycles. The molecule has 0 aromatic rings. The lowest BCUT2D eigenvalue weighted by Gasteiger charge is -2.36. The molecule has 7 heteroatoms. The molecular weight excluding hydrogens is 458 g/mol. The van der Waals surface area contributed by atoms with Crippen LogP contribution >= 0.6 is 0 Å². The molecule has 0 saturated carbocycles.